The standard InChI is InChI=1S/C24H22N4O4/c29-22(25-18-11-12-19-20(14-18)27-23(30)26-19)21(13-16-7-3-1-4-8-16)28-24(31)32-15-17-9-5-2-6-10-17/h1-12,14,21H,13,15H2,(H,25,29)(H,28,31)(H2,26,27,30)/t21-/m0/s1. The van der Waals surface area contributed by atoms with Crippen LogP contribution in [-0.4, -0.2) is 28.0 Å². The molecular formula is C24H22N4O4. The molecular weight excluding hydrogens is 408 g/mol. The van der Waals surface area contributed by atoms with Crippen LogP contribution in [0.4, 0.5) is 10.5 Å². The van der Waals surface area contributed by atoms with Crippen molar-refractivity contribution in [3.63, 3.8) is 0 Å². The van der Waals surface area contributed by atoms with Gasteiger partial charge >= 0.3 is 11.8 Å². The number of imidazole rings is 1. The van der Waals surface area contributed by atoms with Crippen LogP contribution in [0.1, 0.15) is 11.1 Å². The van der Waals surface area contributed by atoms with Gasteiger partial charge in [0, 0.05) is 12.1 Å². The third-order valence-corrected chi connectivity index (χ3v) is 4.89. The number of ether oxygens (including phenoxy) is 1. The molecule has 2 amide bonds. The number of alkyl carbamates (subject to hydrolysis) is 1. The fourth-order valence-electron chi connectivity index (χ4n) is 3.31. The van der Waals surface area contributed by atoms with Crippen molar-refractivity contribution in [3.8, 4) is 0 Å². The lowest BCUT2D eigenvalue weighted by Crippen LogP contribution is -2.45. The SMILES string of the molecule is O=C(N[C@@H](Cc1ccccc1)C(=O)Nc1ccc2[nH]c(=O)[nH]c2c1)OCc1ccccc1. The number of carbonyl (C=O) groups is 2. The van der Waals surface area contributed by atoms with E-state index in [1.807, 2.05) is 60.7 Å². The predicted molar refractivity (Wildman–Crippen MR) is 121 cm³/mol. The molecule has 8 nitrogen and oxygen atoms in total. The molecule has 162 valence electrons. The van der Waals surface area contributed by atoms with Crippen LogP contribution in [0.25, 0.3) is 11.0 Å². The average molecular weight is 430 g/mol. The lowest BCUT2D eigenvalue weighted by atomic mass is 10.1. The molecule has 1 heterocycles. The minimum absolute atomic E-state index is 0.101. The number of hydrogen-bond donors (Lipinski definition) is 4. The average Bonchev–Trinajstić information content (AvgIpc) is 3.18. The normalized spacial score (nSPS) is 11.6. The molecule has 4 rings (SSSR count). The zero-order valence-electron chi connectivity index (χ0n) is 17.1. The monoisotopic (exact) mass is 430 g/mol. The molecule has 0 aliphatic rings. The molecule has 32 heavy (non-hydrogen) atoms. The number of hydrogen-bond acceptors (Lipinski definition) is 4. The Morgan fingerprint density at radius 2 is 1.50 bits per heavy atom. The third-order valence-electron chi connectivity index (χ3n) is 4.89. The molecule has 0 fully saturated rings. The van der Waals surface area contributed by atoms with Crippen LogP contribution in [0.15, 0.2) is 83.7 Å². The summed E-state index contributed by atoms with van der Waals surface area (Å²) < 4.78 is 5.28. The summed E-state index contributed by atoms with van der Waals surface area (Å²) >= 11 is 0. The van der Waals surface area contributed by atoms with E-state index in [2.05, 4.69) is 20.6 Å². The molecule has 0 bridgehead atoms. The van der Waals surface area contributed by atoms with Crippen LogP contribution in [0, 0.1) is 0 Å². The number of nitrogens with one attached hydrogen (secondary N) is 4. The molecule has 8 heteroatoms. The summed E-state index contributed by atoms with van der Waals surface area (Å²) in [5.41, 5.74) is 3.12. The molecule has 0 spiro atoms. The van der Waals surface area contributed by atoms with Gasteiger partial charge in [-0.2, -0.15) is 0 Å². The van der Waals surface area contributed by atoms with Crippen LogP contribution in [-0.2, 0) is 22.6 Å². The largest absolute Gasteiger partial charge is 0.445 e. The predicted octanol–water partition coefficient (Wildman–Crippen LogP) is 3.33. The molecule has 0 unspecified atom stereocenters. The molecule has 0 radical (unpaired) electrons. The maximum absolute atomic E-state index is 13.0. The Labute approximate surface area is 183 Å². The van der Waals surface area contributed by atoms with Gasteiger partial charge in [0.25, 0.3) is 0 Å². The van der Waals surface area contributed by atoms with Crippen molar-refractivity contribution in [3.05, 3.63) is 100 Å². The van der Waals surface area contributed by atoms with E-state index in [0.29, 0.717) is 16.7 Å². The van der Waals surface area contributed by atoms with Gasteiger partial charge in [0.1, 0.15) is 12.6 Å². The summed E-state index contributed by atoms with van der Waals surface area (Å²) in [5.74, 6) is -0.400. The fraction of sp³-hybridized carbons (Fsp3) is 0.125. The van der Waals surface area contributed by atoms with E-state index in [9.17, 15) is 14.4 Å². The van der Waals surface area contributed by atoms with E-state index in [1.165, 1.54) is 0 Å². The van der Waals surface area contributed by atoms with Gasteiger partial charge in [-0.15, -0.1) is 0 Å². The first-order valence-electron chi connectivity index (χ1n) is 10.1. The highest BCUT2D eigenvalue weighted by atomic mass is 16.5. The van der Waals surface area contributed by atoms with E-state index in [-0.39, 0.29) is 18.7 Å². The Hall–Kier alpha value is -4.33. The molecule has 0 aliphatic heterocycles. The highest BCUT2D eigenvalue weighted by molar-refractivity contribution is 5.98. The Morgan fingerprint density at radius 3 is 2.22 bits per heavy atom. The first-order chi connectivity index (χ1) is 15.6. The number of fused-ring (bicyclic) bond motifs is 1. The van der Waals surface area contributed by atoms with Gasteiger partial charge < -0.3 is 25.3 Å². The lowest BCUT2D eigenvalue weighted by molar-refractivity contribution is -0.118. The highest BCUT2D eigenvalue weighted by Crippen LogP contribution is 2.15. The van der Waals surface area contributed by atoms with Crippen LogP contribution in [0.2, 0.25) is 0 Å². The molecule has 1 aromatic heterocycles. The highest BCUT2D eigenvalue weighted by Gasteiger charge is 2.22. The number of carbonyl (C=O) groups excluding carboxylic acids is 2. The summed E-state index contributed by atoms with van der Waals surface area (Å²) in [4.78, 5) is 42.2. The number of anilines is 1. The number of aromatic nitrogens is 2. The van der Waals surface area contributed by atoms with E-state index in [4.69, 9.17) is 4.74 Å². The van der Waals surface area contributed by atoms with Gasteiger partial charge in [0.2, 0.25) is 5.91 Å². The quantitative estimate of drug-likeness (QED) is 0.360. The smallest absolute Gasteiger partial charge is 0.408 e. The van der Waals surface area contributed by atoms with Crippen LogP contribution >= 0.6 is 0 Å². The van der Waals surface area contributed by atoms with Gasteiger partial charge in [-0.05, 0) is 29.3 Å². The van der Waals surface area contributed by atoms with Gasteiger partial charge in [-0.1, -0.05) is 60.7 Å². The van der Waals surface area contributed by atoms with Gasteiger partial charge in [-0.3, -0.25) is 4.79 Å². The van der Waals surface area contributed by atoms with Crippen molar-refractivity contribution in [1.29, 1.82) is 0 Å². The second kappa shape index (κ2) is 9.65. The summed E-state index contributed by atoms with van der Waals surface area (Å²) in [6, 6.07) is 22.8. The maximum atomic E-state index is 13.0. The molecule has 1 atom stereocenters. The van der Waals surface area contributed by atoms with Crippen LogP contribution < -0.4 is 16.3 Å². The van der Waals surface area contributed by atoms with Crippen LogP contribution in [0.5, 0.6) is 0 Å². The Bertz CT molecular complexity index is 1270. The minimum atomic E-state index is -0.860. The van der Waals surface area contributed by atoms with Gasteiger partial charge in [0.05, 0.1) is 11.0 Å². The van der Waals surface area contributed by atoms with Gasteiger partial charge in [0.15, 0.2) is 0 Å². The third kappa shape index (κ3) is 5.42. The molecule has 4 N–H and O–H groups in total. The maximum Gasteiger partial charge on any atom is 0.408 e. The summed E-state index contributed by atoms with van der Waals surface area (Å²) in [6.45, 7) is 0.101. The number of amides is 2. The van der Waals surface area contributed by atoms with E-state index < -0.39 is 18.0 Å². The van der Waals surface area contributed by atoms with E-state index in [0.717, 1.165) is 11.1 Å². The van der Waals surface area contributed by atoms with E-state index >= 15 is 0 Å². The first kappa shape index (κ1) is 20.9. The molecule has 0 saturated carbocycles. The van der Waals surface area contributed by atoms with Crippen molar-refractivity contribution in [2.45, 2.75) is 19.1 Å². The van der Waals surface area contributed by atoms with Crippen molar-refractivity contribution in [2.24, 2.45) is 0 Å². The molecule has 3 aromatic carbocycles. The van der Waals surface area contributed by atoms with Crippen molar-refractivity contribution < 1.29 is 14.3 Å². The zero-order chi connectivity index (χ0) is 22.3. The van der Waals surface area contributed by atoms with Crippen molar-refractivity contribution in [2.75, 3.05) is 5.32 Å². The second-order valence-corrected chi connectivity index (χ2v) is 7.28. The Morgan fingerprint density at radius 1 is 0.844 bits per heavy atom. The second-order valence-electron chi connectivity index (χ2n) is 7.28. The number of rotatable bonds is 7. The van der Waals surface area contributed by atoms with E-state index in [1.54, 1.807) is 18.2 Å². The summed E-state index contributed by atoms with van der Waals surface area (Å²) in [6.07, 6.45) is -0.397. The Kier molecular flexibility index (Phi) is 6.31. The van der Waals surface area contributed by atoms with Crippen molar-refractivity contribution in [1.82, 2.24) is 15.3 Å². The van der Waals surface area contributed by atoms with Gasteiger partial charge in [-0.25, -0.2) is 9.59 Å². The molecule has 4 aromatic rings. The summed E-state index contributed by atoms with van der Waals surface area (Å²) in [5, 5.41) is 5.46. The lowest BCUT2D eigenvalue weighted by Gasteiger charge is -2.18. The minimum Gasteiger partial charge on any atom is -0.445 e. The molecule has 0 saturated heterocycles. The zero-order valence-corrected chi connectivity index (χ0v) is 17.1. The number of aromatic amines is 2. The molecule has 0 aliphatic carbocycles. The topological polar surface area (TPSA) is 116 Å². The van der Waals surface area contributed by atoms with Crippen LogP contribution in [0.3, 0.4) is 0 Å². The fourth-order valence-corrected chi connectivity index (χ4v) is 3.31. The number of benzene rings is 3. The van der Waals surface area contributed by atoms with Crippen molar-refractivity contribution >= 4 is 28.7 Å². The first-order valence-corrected chi connectivity index (χ1v) is 10.1. The summed E-state index contributed by atoms with van der Waals surface area (Å²) in [7, 11) is 0. The number of H-pyrrole nitrogens is 2. The Balaban J connectivity index is 1.46.